The van der Waals surface area contributed by atoms with Gasteiger partial charge in [0.05, 0.1) is 19.9 Å². The van der Waals surface area contributed by atoms with Crippen LogP contribution in [0.1, 0.15) is 26.8 Å². The number of hydrogen-bond donors (Lipinski definition) is 0. The maximum Gasteiger partial charge on any atom is 0.259 e. The number of methoxy groups -OCH3 is 1. The lowest BCUT2D eigenvalue weighted by Gasteiger charge is -2.21. The van der Waals surface area contributed by atoms with E-state index < -0.39 is 0 Å². The smallest absolute Gasteiger partial charge is 0.259 e. The van der Waals surface area contributed by atoms with Crippen molar-refractivity contribution >= 4 is 23.3 Å². The van der Waals surface area contributed by atoms with E-state index in [4.69, 9.17) is 9.15 Å². The molecule has 0 aromatic carbocycles. The highest BCUT2D eigenvalue weighted by Crippen LogP contribution is 2.25. The number of carbonyl (C=O) groups excluding carboxylic acids is 1. The summed E-state index contributed by atoms with van der Waals surface area (Å²) in [6, 6.07) is 5.17. The van der Waals surface area contributed by atoms with Crippen molar-refractivity contribution in [3.63, 3.8) is 0 Å². The first-order valence-corrected chi connectivity index (χ1v) is 11.3. The van der Waals surface area contributed by atoms with Gasteiger partial charge in [-0.1, -0.05) is 6.08 Å². The Morgan fingerprint density at radius 3 is 2.97 bits per heavy atom. The zero-order valence-electron chi connectivity index (χ0n) is 18.2. The van der Waals surface area contributed by atoms with Gasteiger partial charge in [-0.25, -0.2) is 4.98 Å². The van der Waals surface area contributed by atoms with Crippen LogP contribution < -0.4 is 10.3 Å². The van der Waals surface area contributed by atoms with E-state index in [9.17, 15) is 9.59 Å². The summed E-state index contributed by atoms with van der Waals surface area (Å²) in [5, 5.41) is 2.74. The van der Waals surface area contributed by atoms with Gasteiger partial charge in [0.2, 0.25) is 0 Å². The number of carbonyl (C=O) groups is 1. The summed E-state index contributed by atoms with van der Waals surface area (Å²) in [5.41, 5.74) is 1.03. The first-order valence-electron chi connectivity index (χ1n) is 10.4. The predicted octanol–water partition coefficient (Wildman–Crippen LogP) is 2.75. The lowest BCUT2D eigenvalue weighted by atomic mass is 10.1. The van der Waals surface area contributed by atoms with Gasteiger partial charge in [0.1, 0.15) is 22.1 Å². The van der Waals surface area contributed by atoms with Gasteiger partial charge in [-0.15, -0.1) is 11.3 Å². The average Bonchev–Trinajstić information content (AvgIpc) is 3.45. The topological polar surface area (TPSA) is 80.8 Å². The molecule has 1 amide bonds. The van der Waals surface area contributed by atoms with Crippen LogP contribution in [0.15, 0.2) is 51.3 Å². The molecule has 1 aliphatic heterocycles. The molecule has 4 rings (SSSR count). The Morgan fingerprint density at radius 2 is 2.25 bits per heavy atom. The van der Waals surface area contributed by atoms with Crippen molar-refractivity contribution in [3.8, 4) is 5.75 Å². The molecule has 3 aromatic heterocycles. The molecule has 0 aliphatic carbocycles. The Labute approximate surface area is 190 Å². The van der Waals surface area contributed by atoms with Gasteiger partial charge in [-0.05, 0) is 18.2 Å². The molecular formula is C23H26N4O4S. The second kappa shape index (κ2) is 9.97. The SMILES string of the molecule is COc1cc(=O)n2c(c1C(=O)N(C)Cc1nccs1)CCN(C/C=C/c1ccco1)CC2. The van der Waals surface area contributed by atoms with Crippen molar-refractivity contribution in [2.75, 3.05) is 33.8 Å². The number of fused-ring (bicyclic) bond motifs is 1. The van der Waals surface area contributed by atoms with Crippen LogP contribution in [-0.4, -0.2) is 59.0 Å². The van der Waals surface area contributed by atoms with Gasteiger partial charge in [0.15, 0.2) is 0 Å². The van der Waals surface area contributed by atoms with E-state index in [2.05, 4.69) is 9.88 Å². The van der Waals surface area contributed by atoms with Crippen molar-refractivity contribution in [1.29, 1.82) is 0 Å². The van der Waals surface area contributed by atoms with Crippen LogP contribution in [-0.2, 0) is 19.5 Å². The molecule has 1 aliphatic rings. The lowest BCUT2D eigenvalue weighted by molar-refractivity contribution is 0.0779. The van der Waals surface area contributed by atoms with Crippen LogP contribution in [0.25, 0.3) is 6.08 Å². The van der Waals surface area contributed by atoms with E-state index >= 15 is 0 Å². The van der Waals surface area contributed by atoms with E-state index in [0.29, 0.717) is 37.4 Å². The van der Waals surface area contributed by atoms with Gasteiger partial charge in [-0.3, -0.25) is 14.5 Å². The molecule has 0 N–H and O–H groups in total. The maximum absolute atomic E-state index is 13.4. The lowest BCUT2D eigenvalue weighted by Crippen LogP contribution is -2.32. The first kappa shape index (κ1) is 22.0. The van der Waals surface area contributed by atoms with Crippen molar-refractivity contribution in [2.24, 2.45) is 0 Å². The van der Waals surface area contributed by atoms with Crippen LogP contribution in [0, 0.1) is 0 Å². The van der Waals surface area contributed by atoms with Crippen LogP contribution in [0.3, 0.4) is 0 Å². The number of pyridine rings is 1. The molecule has 32 heavy (non-hydrogen) atoms. The zero-order valence-corrected chi connectivity index (χ0v) is 19.0. The predicted molar refractivity (Wildman–Crippen MR) is 123 cm³/mol. The van der Waals surface area contributed by atoms with Crippen molar-refractivity contribution < 1.29 is 13.9 Å². The van der Waals surface area contributed by atoms with Crippen molar-refractivity contribution in [3.05, 3.63) is 74.5 Å². The number of aromatic nitrogens is 2. The number of hydrogen-bond acceptors (Lipinski definition) is 7. The highest BCUT2D eigenvalue weighted by atomic mass is 32.1. The zero-order chi connectivity index (χ0) is 22.5. The molecule has 0 radical (unpaired) electrons. The van der Waals surface area contributed by atoms with Crippen LogP contribution in [0.2, 0.25) is 0 Å². The Morgan fingerprint density at radius 1 is 1.38 bits per heavy atom. The van der Waals surface area contributed by atoms with E-state index in [-0.39, 0.29) is 11.5 Å². The molecule has 0 saturated carbocycles. The normalized spacial score (nSPS) is 14.3. The Hall–Kier alpha value is -3.17. The summed E-state index contributed by atoms with van der Waals surface area (Å²) in [7, 11) is 3.24. The van der Waals surface area contributed by atoms with Crippen molar-refractivity contribution in [2.45, 2.75) is 19.5 Å². The molecule has 4 heterocycles. The highest BCUT2D eigenvalue weighted by Gasteiger charge is 2.27. The number of furan rings is 1. The summed E-state index contributed by atoms with van der Waals surface area (Å²) >= 11 is 1.50. The second-order valence-corrected chi connectivity index (χ2v) is 8.56. The minimum absolute atomic E-state index is 0.149. The molecule has 0 fully saturated rings. The summed E-state index contributed by atoms with van der Waals surface area (Å²) in [4.78, 5) is 34.3. The third-order valence-corrected chi connectivity index (χ3v) is 6.28. The molecule has 8 nitrogen and oxygen atoms in total. The van der Waals surface area contributed by atoms with Gasteiger partial charge in [0.25, 0.3) is 11.5 Å². The van der Waals surface area contributed by atoms with E-state index in [1.165, 1.54) is 24.5 Å². The van der Waals surface area contributed by atoms with Gasteiger partial charge in [0, 0.05) is 63.0 Å². The Bertz CT molecular complexity index is 1140. The molecule has 0 unspecified atom stereocenters. The fraction of sp³-hybridized carbons (Fsp3) is 0.348. The molecule has 0 bridgehead atoms. The van der Waals surface area contributed by atoms with E-state index in [1.807, 2.05) is 29.7 Å². The second-order valence-electron chi connectivity index (χ2n) is 7.58. The monoisotopic (exact) mass is 454 g/mol. The molecule has 168 valence electrons. The molecule has 3 aromatic rings. The first-order chi connectivity index (χ1) is 15.6. The molecule has 9 heteroatoms. The highest BCUT2D eigenvalue weighted by molar-refractivity contribution is 7.09. The average molecular weight is 455 g/mol. The van der Waals surface area contributed by atoms with Gasteiger partial charge < -0.3 is 18.6 Å². The number of nitrogens with zero attached hydrogens (tertiary/aromatic N) is 4. The number of rotatable bonds is 7. The van der Waals surface area contributed by atoms with Gasteiger partial charge >= 0.3 is 0 Å². The quantitative estimate of drug-likeness (QED) is 0.546. The molecule has 0 spiro atoms. The van der Waals surface area contributed by atoms with Crippen molar-refractivity contribution in [1.82, 2.24) is 19.4 Å². The number of thiazole rings is 1. The maximum atomic E-state index is 13.4. The van der Waals surface area contributed by atoms with Gasteiger partial charge in [-0.2, -0.15) is 0 Å². The summed E-state index contributed by atoms with van der Waals surface area (Å²) in [6.07, 6.45) is 7.93. The minimum atomic E-state index is -0.174. The van der Waals surface area contributed by atoms with Crippen LogP contribution >= 0.6 is 11.3 Å². The molecule has 0 atom stereocenters. The summed E-state index contributed by atoms with van der Waals surface area (Å²) in [5.74, 6) is 0.954. The number of amides is 1. The third kappa shape index (κ3) is 4.84. The van der Waals surface area contributed by atoms with Crippen LogP contribution in [0.5, 0.6) is 5.75 Å². The molecule has 0 saturated heterocycles. The number of ether oxygens (including phenoxy) is 1. The van der Waals surface area contributed by atoms with E-state index in [1.54, 1.807) is 29.0 Å². The van der Waals surface area contributed by atoms with Crippen LogP contribution in [0.4, 0.5) is 0 Å². The Balaban J connectivity index is 1.56. The standard InChI is InChI=1S/C23H26N4O4S/c1-25(16-20-24-8-14-32-20)23(29)22-18-7-10-26(9-3-5-17-6-4-13-31-17)11-12-27(18)21(28)15-19(22)30-2/h3-6,8,13-15H,7,9-12,16H2,1-2H3/b5-3+. The summed E-state index contributed by atoms with van der Waals surface area (Å²) < 4.78 is 12.5. The van der Waals surface area contributed by atoms with E-state index in [0.717, 1.165) is 29.6 Å². The largest absolute Gasteiger partial charge is 0.496 e. The minimum Gasteiger partial charge on any atom is -0.496 e. The summed E-state index contributed by atoms with van der Waals surface area (Å²) in [6.45, 7) is 3.09. The fourth-order valence-electron chi connectivity index (χ4n) is 3.87. The fourth-order valence-corrected chi connectivity index (χ4v) is 4.54. The third-order valence-electron chi connectivity index (χ3n) is 5.51. The molecular weight excluding hydrogens is 428 g/mol. The Kier molecular flexibility index (Phi) is 6.87.